The lowest BCUT2D eigenvalue weighted by molar-refractivity contribution is 0.193. The quantitative estimate of drug-likeness (QED) is 0.387. The molecule has 1 atom stereocenters. The Kier molecular flexibility index (Phi) is 5.27. The number of nitrogens with zero attached hydrogens (tertiary/aromatic N) is 1. The summed E-state index contributed by atoms with van der Waals surface area (Å²) in [5, 5.41) is 4.75. The number of methoxy groups -OCH3 is 1. The Morgan fingerprint density at radius 3 is 2.69 bits per heavy atom. The molecule has 0 spiro atoms. The molecule has 1 aliphatic rings. The fraction of sp³-hybridized carbons (Fsp3) is 0.192. The molecule has 5 nitrogen and oxygen atoms in total. The van der Waals surface area contributed by atoms with Crippen molar-refractivity contribution in [1.29, 1.82) is 0 Å². The number of aromatic amines is 1. The lowest BCUT2D eigenvalue weighted by Gasteiger charge is -2.36. The summed E-state index contributed by atoms with van der Waals surface area (Å²) in [5.74, 6) is 0.826. The minimum absolute atomic E-state index is 0.153. The summed E-state index contributed by atoms with van der Waals surface area (Å²) >= 11 is 6.11. The number of hydrogen-bond acceptors (Lipinski definition) is 2. The second-order valence-electron chi connectivity index (χ2n) is 8.13. The number of carbonyl (C=O) groups is 1. The van der Waals surface area contributed by atoms with Gasteiger partial charge in [-0.3, -0.25) is 0 Å². The van der Waals surface area contributed by atoms with Crippen LogP contribution in [0.1, 0.15) is 28.4 Å². The summed E-state index contributed by atoms with van der Waals surface area (Å²) in [5.41, 5.74) is 6.25. The number of hydrogen-bond donors (Lipinski definition) is 2. The predicted octanol–water partition coefficient (Wildman–Crippen LogP) is 6.32. The number of aryl methyl sites for hydroxylation is 1. The van der Waals surface area contributed by atoms with Crippen molar-refractivity contribution in [1.82, 2.24) is 9.88 Å². The van der Waals surface area contributed by atoms with Gasteiger partial charge in [-0.2, -0.15) is 0 Å². The number of anilines is 1. The summed E-state index contributed by atoms with van der Waals surface area (Å²) in [6.45, 7) is 2.66. The molecular weight excluding hydrogens is 422 g/mol. The largest absolute Gasteiger partial charge is 0.497 e. The van der Waals surface area contributed by atoms with Crippen LogP contribution in [0.15, 0.2) is 66.7 Å². The topological polar surface area (TPSA) is 57.4 Å². The first kappa shape index (κ1) is 20.5. The number of halogens is 1. The van der Waals surface area contributed by atoms with Gasteiger partial charge in [0.25, 0.3) is 0 Å². The average molecular weight is 446 g/mol. The van der Waals surface area contributed by atoms with Gasteiger partial charge in [0.05, 0.1) is 13.2 Å². The second kappa shape index (κ2) is 8.24. The zero-order valence-electron chi connectivity index (χ0n) is 18.0. The molecule has 1 aromatic heterocycles. The van der Waals surface area contributed by atoms with E-state index in [1.165, 1.54) is 11.1 Å². The molecule has 3 aromatic carbocycles. The number of carbonyl (C=O) groups excluding carboxylic acids is 1. The van der Waals surface area contributed by atoms with Crippen LogP contribution >= 0.6 is 11.6 Å². The minimum atomic E-state index is -0.225. The van der Waals surface area contributed by atoms with Gasteiger partial charge in [0.15, 0.2) is 0 Å². The van der Waals surface area contributed by atoms with Gasteiger partial charge in [0.1, 0.15) is 5.75 Å². The fourth-order valence-electron chi connectivity index (χ4n) is 4.47. The van der Waals surface area contributed by atoms with E-state index >= 15 is 0 Å². The van der Waals surface area contributed by atoms with E-state index in [4.69, 9.17) is 16.3 Å². The number of rotatable bonds is 3. The highest BCUT2D eigenvalue weighted by Crippen LogP contribution is 2.39. The van der Waals surface area contributed by atoms with Crippen LogP contribution in [0.25, 0.3) is 10.9 Å². The van der Waals surface area contributed by atoms with Gasteiger partial charge in [-0.15, -0.1) is 0 Å². The number of benzene rings is 3. The van der Waals surface area contributed by atoms with Crippen LogP contribution in [0, 0.1) is 6.92 Å². The van der Waals surface area contributed by atoms with Crippen molar-refractivity contribution < 1.29 is 9.53 Å². The second-order valence-corrected chi connectivity index (χ2v) is 8.56. The minimum Gasteiger partial charge on any atom is -0.497 e. The summed E-state index contributed by atoms with van der Waals surface area (Å²) in [7, 11) is 1.68. The molecule has 5 rings (SSSR count). The Labute approximate surface area is 192 Å². The third kappa shape index (κ3) is 3.69. The van der Waals surface area contributed by atoms with E-state index < -0.39 is 0 Å². The molecule has 2 amide bonds. The highest BCUT2D eigenvalue weighted by Gasteiger charge is 2.34. The Balaban J connectivity index is 1.58. The van der Waals surface area contributed by atoms with Crippen LogP contribution in [-0.4, -0.2) is 29.6 Å². The number of fused-ring (bicyclic) bond motifs is 3. The van der Waals surface area contributed by atoms with Crippen molar-refractivity contribution in [3.63, 3.8) is 0 Å². The van der Waals surface area contributed by atoms with E-state index in [0.717, 1.165) is 34.3 Å². The number of nitrogens with one attached hydrogen (secondary N) is 2. The molecule has 0 saturated carbocycles. The summed E-state index contributed by atoms with van der Waals surface area (Å²) in [6, 6.07) is 21.3. The Bertz CT molecular complexity index is 1300. The monoisotopic (exact) mass is 445 g/mol. The smallest absolute Gasteiger partial charge is 0.322 e. The third-order valence-electron chi connectivity index (χ3n) is 6.06. The van der Waals surface area contributed by atoms with Crippen molar-refractivity contribution in [2.75, 3.05) is 19.0 Å². The maximum Gasteiger partial charge on any atom is 0.322 e. The Morgan fingerprint density at radius 2 is 1.94 bits per heavy atom. The Hall–Kier alpha value is -3.44. The zero-order chi connectivity index (χ0) is 22.2. The average Bonchev–Trinajstić information content (AvgIpc) is 3.17. The van der Waals surface area contributed by atoms with Crippen molar-refractivity contribution in [2.24, 2.45) is 0 Å². The van der Waals surface area contributed by atoms with E-state index in [-0.39, 0.29) is 12.1 Å². The molecule has 1 unspecified atom stereocenters. The predicted molar refractivity (Wildman–Crippen MR) is 129 cm³/mol. The first-order valence-electron chi connectivity index (χ1n) is 10.6. The number of H-pyrrole nitrogens is 1. The van der Waals surface area contributed by atoms with Crippen LogP contribution in [0.2, 0.25) is 5.02 Å². The van der Waals surface area contributed by atoms with Gasteiger partial charge >= 0.3 is 6.03 Å². The van der Waals surface area contributed by atoms with E-state index in [1.54, 1.807) is 19.2 Å². The van der Waals surface area contributed by atoms with Crippen LogP contribution in [0.3, 0.4) is 0 Å². The van der Waals surface area contributed by atoms with Crippen LogP contribution in [-0.2, 0) is 6.42 Å². The van der Waals surface area contributed by atoms with Gasteiger partial charge in [-0.25, -0.2) is 4.79 Å². The molecule has 0 fully saturated rings. The number of ether oxygens (including phenoxy) is 1. The molecule has 162 valence electrons. The first-order chi connectivity index (χ1) is 15.5. The molecular formula is C26H24ClN3O2. The Morgan fingerprint density at radius 1 is 1.12 bits per heavy atom. The fourth-order valence-corrected chi connectivity index (χ4v) is 4.66. The van der Waals surface area contributed by atoms with Gasteiger partial charge in [-0.1, -0.05) is 47.5 Å². The van der Waals surface area contributed by atoms with Gasteiger partial charge in [-0.05, 0) is 60.9 Å². The normalized spacial score (nSPS) is 15.5. The molecule has 6 heteroatoms. The summed E-state index contributed by atoms with van der Waals surface area (Å²) in [6.07, 6.45) is 0.758. The maximum atomic E-state index is 13.4. The highest BCUT2D eigenvalue weighted by molar-refractivity contribution is 6.30. The van der Waals surface area contributed by atoms with Crippen LogP contribution in [0.5, 0.6) is 5.75 Å². The van der Waals surface area contributed by atoms with Gasteiger partial charge < -0.3 is 19.9 Å². The van der Waals surface area contributed by atoms with E-state index in [9.17, 15) is 4.79 Å². The molecule has 1 aliphatic heterocycles. The highest BCUT2D eigenvalue weighted by atomic mass is 35.5. The molecule has 2 heterocycles. The third-order valence-corrected chi connectivity index (χ3v) is 6.30. The van der Waals surface area contributed by atoms with Crippen molar-refractivity contribution in [3.8, 4) is 5.75 Å². The number of aromatic nitrogens is 1. The van der Waals surface area contributed by atoms with E-state index in [1.807, 2.05) is 29.2 Å². The molecule has 0 saturated heterocycles. The molecule has 0 bridgehead atoms. The lowest BCUT2D eigenvalue weighted by atomic mass is 9.92. The molecule has 32 heavy (non-hydrogen) atoms. The van der Waals surface area contributed by atoms with Gasteiger partial charge in [0.2, 0.25) is 0 Å². The SMILES string of the molecule is COc1ccc2[nH]c3c(c2c1)CCN(C(=O)Nc1cccc(Cl)c1)C3c1ccc(C)cc1. The molecule has 4 aromatic rings. The zero-order valence-corrected chi connectivity index (χ0v) is 18.7. The van der Waals surface area contributed by atoms with Crippen LogP contribution < -0.4 is 10.1 Å². The standard InChI is InChI=1S/C26H24ClN3O2/c1-16-6-8-17(9-7-16)25-24-21(22-15-20(32-2)10-11-23(22)29-24)12-13-30(25)26(31)28-19-5-3-4-18(27)14-19/h3-11,14-15,25,29H,12-13H2,1-2H3,(H,28,31). The maximum absolute atomic E-state index is 13.4. The van der Waals surface area contributed by atoms with E-state index in [0.29, 0.717) is 17.3 Å². The lowest BCUT2D eigenvalue weighted by Crippen LogP contribution is -2.43. The first-order valence-corrected chi connectivity index (χ1v) is 11.0. The summed E-state index contributed by atoms with van der Waals surface area (Å²) in [4.78, 5) is 18.9. The number of amides is 2. The molecule has 0 radical (unpaired) electrons. The molecule has 2 N–H and O–H groups in total. The van der Waals surface area contributed by atoms with Crippen molar-refractivity contribution >= 4 is 34.2 Å². The van der Waals surface area contributed by atoms with Crippen molar-refractivity contribution in [2.45, 2.75) is 19.4 Å². The van der Waals surface area contributed by atoms with Gasteiger partial charge in [0, 0.05) is 33.9 Å². The van der Waals surface area contributed by atoms with Crippen LogP contribution in [0.4, 0.5) is 10.5 Å². The van der Waals surface area contributed by atoms with Crippen molar-refractivity contribution in [3.05, 3.63) is 94.1 Å². The summed E-state index contributed by atoms with van der Waals surface area (Å²) < 4.78 is 5.44. The molecule has 0 aliphatic carbocycles. The number of urea groups is 1. The van der Waals surface area contributed by atoms with E-state index in [2.05, 4.69) is 47.6 Å².